The summed E-state index contributed by atoms with van der Waals surface area (Å²) in [5, 5.41) is 4.20. The lowest BCUT2D eigenvalue weighted by molar-refractivity contribution is 0.349. The van der Waals surface area contributed by atoms with Gasteiger partial charge in [-0.1, -0.05) is 18.2 Å². The quantitative estimate of drug-likeness (QED) is 0.654. The van der Waals surface area contributed by atoms with Gasteiger partial charge in [-0.05, 0) is 18.2 Å². The first-order chi connectivity index (χ1) is 10.3. The monoisotopic (exact) mass is 286 g/mol. The molecule has 0 saturated heterocycles. The Kier molecular flexibility index (Phi) is 5.04. The lowest BCUT2D eigenvalue weighted by Crippen LogP contribution is -1.97. The average molecular weight is 286 g/mol. The molecule has 1 N–H and O–H groups in total. The van der Waals surface area contributed by atoms with Crippen molar-refractivity contribution in [2.24, 2.45) is 5.10 Å². The number of anilines is 1. The highest BCUT2D eigenvalue weighted by atomic mass is 16.5. The third kappa shape index (κ3) is 3.66. The van der Waals surface area contributed by atoms with E-state index in [0.717, 1.165) is 11.3 Å². The van der Waals surface area contributed by atoms with Crippen molar-refractivity contribution in [3.05, 3.63) is 48.0 Å². The molecule has 0 bridgehead atoms. The fourth-order valence-electron chi connectivity index (χ4n) is 1.84. The second-order valence-electron chi connectivity index (χ2n) is 4.19. The Balaban J connectivity index is 2.22. The molecule has 0 heterocycles. The summed E-state index contributed by atoms with van der Waals surface area (Å²) in [5.74, 6) is 1.90. The molecule has 0 saturated carbocycles. The Morgan fingerprint density at radius 2 is 1.48 bits per heavy atom. The molecule has 0 unspecified atom stereocenters. The van der Waals surface area contributed by atoms with Crippen LogP contribution in [0.2, 0.25) is 0 Å². The molecule has 0 spiro atoms. The second-order valence-corrected chi connectivity index (χ2v) is 4.19. The maximum absolute atomic E-state index is 5.34. The molecule has 0 aliphatic heterocycles. The molecule has 0 amide bonds. The molecule has 110 valence electrons. The second kappa shape index (κ2) is 7.19. The van der Waals surface area contributed by atoms with Crippen molar-refractivity contribution in [2.45, 2.75) is 0 Å². The van der Waals surface area contributed by atoms with Crippen LogP contribution in [0.5, 0.6) is 17.2 Å². The SMILES string of the molecule is COc1cc(OC)c(OC)cc1/C=N/Nc1ccccc1. The van der Waals surface area contributed by atoms with Gasteiger partial charge < -0.3 is 14.2 Å². The van der Waals surface area contributed by atoms with E-state index in [1.54, 1.807) is 33.6 Å². The highest BCUT2D eigenvalue weighted by Crippen LogP contribution is 2.33. The zero-order valence-corrected chi connectivity index (χ0v) is 12.3. The van der Waals surface area contributed by atoms with E-state index in [1.165, 1.54) is 0 Å². The first kappa shape index (κ1) is 14.7. The minimum Gasteiger partial charge on any atom is -0.496 e. The molecule has 2 rings (SSSR count). The normalized spacial score (nSPS) is 10.4. The smallest absolute Gasteiger partial charge is 0.164 e. The van der Waals surface area contributed by atoms with Crippen LogP contribution in [0.25, 0.3) is 0 Å². The van der Waals surface area contributed by atoms with Gasteiger partial charge >= 0.3 is 0 Å². The van der Waals surface area contributed by atoms with Gasteiger partial charge in [0.05, 0.1) is 33.2 Å². The van der Waals surface area contributed by atoms with Crippen molar-refractivity contribution in [1.29, 1.82) is 0 Å². The van der Waals surface area contributed by atoms with Gasteiger partial charge in [0.25, 0.3) is 0 Å². The number of nitrogens with one attached hydrogen (secondary N) is 1. The van der Waals surface area contributed by atoms with E-state index in [1.807, 2.05) is 36.4 Å². The summed E-state index contributed by atoms with van der Waals surface area (Å²) in [4.78, 5) is 0. The van der Waals surface area contributed by atoms with E-state index in [-0.39, 0.29) is 0 Å². The average Bonchev–Trinajstić information content (AvgIpc) is 2.55. The van der Waals surface area contributed by atoms with Crippen molar-refractivity contribution in [2.75, 3.05) is 26.8 Å². The van der Waals surface area contributed by atoms with Gasteiger partial charge in [-0.15, -0.1) is 0 Å². The van der Waals surface area contributed by atoms with E-state index in [2.05, 4.69) is 10.5 Å². The maximum Gasteiger partial charge on any atom is 0.164 e. The molecular weight excluding hydrogens is 268 g/mol. The van der Waals surface area contributed by atoms with Crippen LogP contribution in [0.1, 0.15) is 5.56 Å². The molecule has 0 aliphatic rings. The van der Waals surface area contributed by atoms with Crippen molar-refractivity contribution in [1.82, 2.24) is 0 Å². The number of hydrazone groups is 1. The lowest BCUT2D eigenvalue weighted by atomic mass is 10.2. The summed E-state index contributed by atoms with van der Waals surface area (Å²) in [6.45, 7) is 0. The van der Waals surface area contributed by atoms with Crippen LogP contribution < -0.4 is 19.6 Å². The number of nitrogens with zero attached hydrogens (tertiary/aromatic N) is 1. The number of hydrogen-bond donors (Lipinski definition) is 1. The summed E-state index contributed by atoms with van der Waals surface area (Å²) >= 11 is 0. The van der Waals surface area contributed by atoms with E-state index >= 15 is 0 Å². The zero-order valence-electron chi connectivity index (χ0n) is 12.3. The fraction of sp³-hybridized carbons (Fsp3) is 0.188. The van der Waals surface area contributed by atoms with Crippen LogP contribution in [-0.4, -0.2) is 27.5 Å². The Hall–Kier alpha value is -2.69. The summed E-state index contributed by atoms with van der Waals surface area (Å²) in [6, 6.07) is 13.3. The van der Waals surface area contributed by atoms with Gasteiger partial charge in [0, 0.05) is 11.6 Å². The lowest BCUT2D eigenvalue weighted by Gasteiger charge is -2.11. The molecule has 2 aromatic rings. The van der Waals surface area contributed by atoms with Crippen LogP contribution in [0.15, 0.2) is 47.6 Å². The highest BCUT2D eigenvalue weighted by molar-refractivity contribution is 5.85. The minimum absolute atomic E-state index is 0.613. The van der Waals surface area contributed by atoms with Crippen molar-refractivity contribution in [3.63, 3.8) is 0 Å². The van der Waals surface area contributed by atoms with Crippen LogP contribution in [0.4, 0.5) is 5.69 Å². The van der Waals surface area contributed by atoms with Crippen molar-refractivity contribution in [3.8, 4) is 17.2 Å². The fourth-order valence-corrected chi connectivity index (χ4v) is 1.84. The van der Waals surface area contributed by atoms with Crippen LogP contribution in [0.3, 0.4) is 0 Å². The summed E-state index contributed by atoms with van der Waals surface area (Å²) < 4.78 is 15.9. The Morgan fingerprint density at radius 3 is 2.10 bits per heavy atom. The molecule has 5 heteroatoms. The molecular formula is C16H18N2O3. The predicted octanol–water partition coefficient (Wildman–Crippen LogP) is 3.16. The molecule has 2 aromatic carbocycles. The van der Waals surface area contributed by atoms with Gasteiger partial charge in [-0.2, -0.15) is 5.10 Å². The molecule has 0 radical (unpaired) electrons. The standard InChI is InChI=1S/C16H18N2O3/c1-19-14-10-16(21-3)15(20-2)9-12(14)11-17-18-13-7-5-4-6-8-13/h4-11,18H,1-3H3/b17-11+. The van der Waals surface area contributed by atoms with Crippen LogP contribution in [0, 0.1) is 0 Å². The summed E-state index contributed by atoms with van der Waals surface area (Å²) in [5.41, 5.74) is 4.65. The predicted molar refractivity (Wildman–Crippen MR) is 83.8 cm³/mol. The van der Waals surface area contributed by atoms with E-state index < -0.39 is 0 Å². The Morgan fingerprint density at radius 1 is 0.857 bits per heavy atom. The number of ether oxygens (including phenoxy) is 3. The Bertz CT molecular complexity index is 612. The minimum atomic E-state index is 0.613. The molecule has 0 aromatic heterocycles. The largest absolute Gasteiger partial charge is 0.496 e. The van der Waals surface area contributed by atoms with E-state index in [4.69, 9.17) is 14.2 Å². The van der Waals surface area contributed by atoms with Gasteiger partial charge in [-0.25, -0.2) is 0 Å². The summed E-state index contributed by atoms with van der Waals surface area (Å²) in [6.07, 6.45) is 1.67. The molecule has 0 aliphatic carbocycles. The first-order valence-electron chi connectivity index (χ1n) is 6.42. The number of para-hydroxylation sites is 1. The first-order valence-corrected chi connectivity index (χ1v) is 6.42. The van der Waals surface area contributed by atoms with Crippen molar-refractivity contribution < 1.29 is 14.2 Å². The number of benzene rings is 2. The highest BCUT2D eigenvalue weighted by Gasteiger charge is 2.10. The maximum atomic E-state index is 5.34. The van der Waals surface area contributed by atoms with Gasteiger partial charge in [0.2, 0.25) is 0 Å². The number of methoxy groups -OCH3 is 3. The molecule has 0 atom stereocenters. The molecule has 0 fully saturated rings. The molecule has 21 heavy (non-hydrogen) atoms. The molecule has 5 nitrogen and oxygen atoms in total. The van der Waals surface area contributed by atoms with Gasteiger partial charge in [-0.3, -0.25) is 5.43 Å². The number of rotatable bonds is 6. The van der Waals surface area contributed by atoms with Crippen LogP contribution >= 0.6 is 0 Å². The third-order valence-electron chi connectivity index (χ3n) is 2.91. The van der Waals surface area contributed by atoms with E-state index in [9.17, 15) is 0 Å². The summed E-state index contributed by atoms with van der Waals surface area (Å²) in [7, 11) is 4.78. The van der Waals surface area contributed by atoms with E-state index in [0.29, 0.717) is 17.2 Å². The van der Waals surface area contributed by atoms with Gasteiger partial charge in [0.1, 0.15) is 5.75 Å². The Labute approximate surface area is 124 Å². The van der Waals surface area contributed by atoms with Crippen LogP contribution in [-0.2, 0) is 0 Å². The number of hydrogen-bond acceptors (Lipinski definition) is 5. The third-order valence-corrected chi connectivity index (χ3v) is 2.91. The zero-order chi connectivity index (χ0) is 15.1. The van der Waals surface area contributed by atoms with Gasteiger partial charge in [0.15, 0.2) is 11.5 Å². The topological polar surface area (TPSA) is 52.1 Å². The van der Waals surface area contributed by atoms with Crippen molar-refractivity contribution >= 4 is 11.9 Å².